The van der Waals surface area contributed by atoms with E-state index >= 15 is 0 Å². The molecule has 2 fully saturated rings. The first kappa shape index (κ1) is 15.2. The molecule has 7 nitrogen and oxygen atoms in total. The van der Waals surface area contributed by atoms with Crippen molar-refractivity contribution < 1.29 is 19.1 Å². The van der Waals surface area contributed by atoms with Crippen molar-refractivity contribution in [1.82, 2.24) is 15.1 Å². The van der Waals surface area contributed by atoms with Crippen LogP contribution in [-0.4, -0.2) is 74.0 Å². The van der Waals surface area contributed by atoms with Crippen molar-refractivity contribution >= 4 is 11.9 Å². The van der Waals surface area contributed by atoms with E-state index in [0.717, 1.165) is 13.1 Å². The van der Waals surface area contributed by atoms with E-state index in [1.807, 2.05) is 6.92 Å². The Morgan fingerprint density at radius 3 is 2.40 bits per heavy atom. The van der Waals surface area contributed by atoms with Crippen LogP contribution < -0.4 is 5.32 Å². The maximum absolute atomic E-state index is 11.9. The molecule has 113 valence electrons. The molecule has 1 radical (unpaired) electrons. The predicted octanol–water partition coefficient (Wildman–Crippen LogP) is 0.0280. The zero-order valence-electron chi connectivity index (χ0n) is 12.1. The number of carbonyl (C=O) groups is 2. The molecule has 2 aliphatic rings. The van der Waals surface area contributed by atoms with Crippen molar-refractivity contribution in [3.8, 4) is 0 Å². The van der Waals surface area contributed by atoms with Crippen LogP contribution >= 0.6 is 0 Å². The molecule has 0 aromatic rings. The van der Waals surface area contributed by atoms with Crippen molar-refractivity contribution in [2.75, 3.05) is 46.7 Å². The van der Waals surface area contributed by atoms with Crippen LogP contribution in [0.4, 0.5) is 4.79 Å². The average Bonchev–Trinajstić information content (AvgIpc) is 2.65. The smallest absolute Gasteiger partial charge is 0.347 e. The summed E-state index contributed by atoms with van der Waals surface area (Å²) < 4.78 is 10.7. The quantitative estimate of drug-likeness (QED) is 0.508. The summed E-state index contributed by atoms with van der Waals surface area (Å²) in [6.07, 6.45) is 1.23. The van der Waals surface area contributed by atoms with E-state index in [9.17, 15) is 9.59 Å². The van der Waals surface area contributed by atoms with Crippen LogP contribution in [0, 0.1) is 0 Å². The molecule has 0 bridgehead atoms. The first-order valence-corrected chi connectivity index (χ1v) is 7.02. The molecule has 0 aromatic heterocycles. The molecule has 3 amide bonds. The Morgan fingerprint density at radius 1 is 1.20 bits per heavy atom. The first-order valence-electron chi connectivity index (χ1n) is 7.02. The monoisotopic (exact) mass is 284 g/mol. The minimum atomic E-state index is -0.709. The minimum Gasteiger partial charge on any atom is -0.379 e. The molecule has 7 heteroatoms. The second-order valence-corrected chi connectivity index (χ2v) is 5.14. The molecule has 2 rings (SSSR count). The van der Waals surface area contributed by atoms with Gasteiger partial charge in [0.1, 0.15) is 5.54 Å². The number of hydrogen-bond donors (Lipinski definition) is 0. The topological polar surface area (TPSA) is 73.2 Å². The van der Waals surface area contributed by atoms with Crippen LogP contribution in [0.3, 0.4) is 0 Å². The van der Waals surface area contributed by atoms with Gasteiger partial charge in [0.25, 0.3) is 5.91 Å². The van der Waals surface area contributed by atoms with E-state index in [1.165, 1.54) is 4.90 Å². The highest BCUT2D eigenvalue weighted by Crippen LogP contribution is 2.32. The molecular formula is C13H22N3O4. The number of rotatable bonds is 6. The number of likely N-dealkylation sites (N-methyl/N-ethyl adjacent to an activating group) is 1. The van der Waals surface area contributed by atoms with Crippen LogP contribution in [0.25, 0.3) is 0 Å². The van der Waals surface area contributed by atoms with E-state index in [1.54, 1.807) is 7.05 Å². The molecule has 0 aliphatic carbocycles. The van der Waals surface area contributed by atoms with Gasteiger partial charge in [0, 0.05) is 26.7 Å². The lowest BCUT2D eigenvalue weighted by Gasteiger charge is -2.40. The van der Waals surface area contributed by atoms with E-state index < -0.39 is 11.6 Å². The van der Waals surface area contributed by atoms with Gasteiger partial charge in [-0.15, -0.1) is 0 Å². The van der Waals surface area contributed by atoms with Gasteiger partial charge >= 0.3 is 6.03 Å². The number of imide groups is 1. The van der Waals surface area contributed by atoms with Gasteiger partial charge in [0.05, 0.1) is 19.9 Å². The van der Waals surface area contributed by atoms with Crippen LogP contribution in [0.5, 0.6) is 0 Å². The molecule has 0 atom stereocenters. The molecule has 0 N–H and O–H groups in total. The molecule has 2 saturated heterocycles. The van der Waals surface area contributed by atoms with E-state index in [4.69, 9.17) is 9.47 Å². The normalized spacial score (nSPS) is 22.6. The van der Waals surface area contributed by atoms with Gasteiger partial charge in [0.2, 0.25) is 0 Å². The summed E-state index contributed by atoms with van der Waals surface area (Å²) in [5, 5.41) is 3.55. The van der Waals surface area contributed by atoms with Crippen molar-refractivity contribution in [3.05, 3.63) is 0 Å². The van der Waals surface area contributed by atoms with Gasteiger partial charge < -0.3 is 14.4 Å². The zero-order valence-corrected chi connectivity index (χ0v) is 12.1. The van der Waals surface area contributed by atoms with Crippen molar-refractivity contribution in [3.63, 3.8) is 0 Å². The van der Waals surface area contributed by atoms with Gasteiger partial charge in [-0.1, -0.05) is 0 Å². The lowest BCUT2D eigenvalue weighted by molar-refractivity contribution is -0.129. The molecular weight excluding hydrogens is 262 g/mol. The number of hydrogen-bond acceptors (Lipinski definition) is 5. The summed E-state index contributed by atoms with van der Waals surface area (Å²) >= 11 is 0. The third-order valence-electron chi connectivity index (χ3n) is 4.06. The second-order valence-electron chi connectivity index (χ2n) is 5.14. The van der Waals surface area contributed by atoms with Crippen molar-refractivity contribution in [1.29, 1.82) is 0 Å². The summed E-state index contributed by atoms with van der Waals surface area (Å²) in [6, 6.07) is -0.420. The second kappa shape index (κ2) is 6.51. The number of piperidine rings is 1. The molecule has 2 aliphatic heterocycles. The Hall–Kier alpha value is -1.18. The molecule has 0 aromatic carbocycles. The zero-order chi connectivity index (χ0) is 14.6. The number of urea groups is 1. The summed E-state index contributed by atoms with van der Waals surface area (Å²) in [6.45, 7) is 5.81. The van der Waals surface area contributed by atoms with Gasteiger partial charge in [-0.05, 0) is 19.8 Å². The number of ether oxygens (including phenoxy) is 2. The van der Waals surface area contributed by atoms with Crippen molar-refractivity contribution in [2.45, 2.75) is 25.3 Å². The summed E-state index contributed by atoms with van der Waals surface area (Å²) in [5.41, 5.74) is -0.709. The molecule has 20 heavy (non-hydrogen) atoms. The van der Waals surface area contributed by atoms with Gasteiger partial charge in [-0.3, -0.25) is 9.69 Å². The van der Waals surface area contributed by atoms with E-state index in [-0.39, 0.29) is 5.91 Å². The third-order valence-corrected chi connectivity index (χ3v) is 4.06. The molecule has 0 unspecified atom stereocenters. The summed E-state index contributed by atoms with van der Waals surface area (Å²) in [7, 11) is 1.66. The highest BCUT2D eigenvalue weighted by Gasteiger charge is 2.53. The van der Waals surface area contributed by atoms with E-state index in [0.29, 0.717) is 39.4 Å². The van der Waals surface area contributed by atoms with Gasteiger partial charge in [-0.2, -0.15) is 5.32 Å². The van der Waals surface area contributed by atoms with Crippen LogP contribution in [0.1, 0.15) is 19.8 Å². The van der Waals surface area contributed by atoms with Crippen LogP contribution in [0.15, 0.2) is 0 Å². The molecule has 1 spiro atoms. The Kier molecular flexibility index (Phi) is 4.95. The number of amides is 3. The van der Waals surface area contributed by atoms with Crippen LogP contribution in [-0.2, 0) is 14.3 Å². The fourth-order valence-electron chi connectivity index (χ4n) is 2.65. The summed E-state index contributed by atoms with van der Waals surface area (Å²) in [4.78, 5) is 27.0. The maximum atomic E-state index is 11.9. The first-order chi connectivity index (χ1) is 9.60. The lowest BCUT2D eigenvalue weighted by atomic mass is 9.86. The standard InChI is InChI=1S/C13H22N3O4/c1-3-19-8-9-20-10-16-6-4-13(5-7-16)11(17)14-12(18)15(13)2/h3-10H2,1-2H3. The Morgan fingerprint density at radius 2 is 1.85 bits per heavy atom. The maximum Gasteiger partial charge on any atom is 0.347 e. The number of carbonyl (C=O) groups excluding carboxylic acids is 2. The Labute approximate surface area is 119 Å². The van der Waals surface area contributed by atoms with E-state index in [2.05, 4.69) is 10.2 Å². The van der Waals surface area contributed by atoms with Gasteiger partial charge in [0.15, 0.2) is 0 Å². The average molecular weight is 284 g/mol. The number of likely N-dealkylation sites (tertiary alicyclic amines) is 1. The Balaban J connectivity index is 1.75. The third kappa shape index (κ3) is 2.94. The fraction of sp³-hybridized carbons (Fsp3) is 0.846. The minimum absolute atomic E-state index is 0.290. The summed E-state index contributed by atoms with van der Waals surface area (Å²) in [5.74, 6) is -0.290. The van der Waals surface area contributed by atoms with Crippen LogP contribution in [0.2, 0.25) is 0 Å². The Bertz CT molecular complexity index is 367. The lowest BCUT2D eigenvalue weighted by Crippen LogP contribution is -2.55. The van der Waals surface area contributed by atoms with Gasteiger partial charge in [-0.25, -0.2) is 4.79 Å². The largest absolute Gasteiger partial charge is 0.379 e. The molecule has 0 saturated carbocycles. The molecule has 2 heterocycles. The fourth-order valence-corrected chi connectivity index (χ4v) is 2.65. The highest BCUT2D eigenvalue weighted by atomic mass is 16.5. The number of nitrogens with zero attached hydrogens (tertiary/aromatic N) is 3. The van der Waals surface area contributed by atoms with Crippen molar-refractivity contribution in [2.24, 2.45) is 0 Å². The predicted molar refractivity (Wildman–Crippen MR) is 71.2 cm³/mol. The highest BCUT2D eigenvalue weighted by molar-refractivity contribution is 6.06. The SMILES string of the molecule is CCOCCOCN1CCC2(CC1)C(=O)[N]C(=O)N2C.